The molecule has 0 aliphatic heterocycles. The predicted molar refractivity (Wildman–Crippen MR) is 111 cm³/mol. The first-order valence-corrected chi connectivity index (χ1v) is 9.64. The molecule has 0 aliphatic rings. The van der Waals surface area contributed by atoms with Gasteiger partial charge in [0.2, 0.25) is 0 Å². The first-order valence-electron chi connectivity index (χ1n) is 8.85. The van der Waals surface area contributed by atoms with Gasteiger partial charge in [-0.3, -0.25) is 4.79 Å². The van der Waals surface area contributed by atoms with Gasteiger partial charge in [0.25, 0.3) is 5.91 Å². The Labute approximate surface area is 175 Å². The Kier molecular flexibility index (Phi) is 6.61. The number of anilines is 1. The van der Waals surface area contributed by atoms with Crippen molar-refractivity contribution in [2.24, 2.45) is 0 Å². The number of aryl methyl sites for hydroxylation is 1. The molecular formula is C20H19BrN4O4. The van der Waals surface area contributed by atoms with Crippen molar-refractivity contribution in [1.29, 1.82) is 0 Å². The second-order valence-corrected chi connectivity index (χ2v) is 7.00. The van der Waals surface area contributed by atoms with Crippen molar-refractivity contribution in [3.05, 3.63) is 58.2 Å². The normalized spacial score (nSPS) is 10.4. The van der Waals surface area contributed by atoms with Crippen LogP contribution in [0.2, 0.25) is 0 Å². The number of halogens is 1. The molecule has 3 rings (SSSR count). The van der Waals surface area contributed by atoms with E-state index in [1.807, 2.05) is 31.2 Å². The predicted octanol–water partition coefficient (Wildman–Crippen LogP) is 3.74. The first kappa shape index (κ1) is 20.5. The van der Waals surface area contributed by atoms with E-state index in [0.717, 1.165) is 10.0 Å². The van der Waals surface area contributed by atoms with Crippen LogP contribution in [-0.4, -0.2) is 40.5 Å². The highest BCUT2D eigenvalue weighted by atomic mass is 79.9. The molecule has 9 heteroatoms. The van der Waals surface area contributed by atoms with Crippen LogP contribution in [0.25, 0.3) is 11.3 Å². The zero-order chi connectivity index (χ0) is 20.8. The van der Waals surface area contributed by atoms with E-state index >= 15 is 0 Å². The Morgan fingerprint density at radius 2 is 1.90 bits per heavy atom. The number of esters is 1. The van der Waals surface area contributed by atoms with Crippen molar-refractivity contribution in [3.8, 4) is 17.0 Å². The topological polar surface area (TPSA) is 106 Å². The van der Waals surface area contributed by atoms with E-state index in [-0.39, 0.29) is 30.5 Å². The molecule has 29 heavy (non-hydrogen) atoms. The monoisotopic (exact) mass is 458 g/mol. The van der Waals surface area contributed by atoms with E-state index in [1.165, 1.54) is 0 Å². The van der Waals surface area contributed by atoms with Crippen LogP contribution in [0.15, 0.2) is 46.9 Å². The van der Waals surface area contributed by atoms with Crippen molar-refractivity contribution >= 4 is 33.5 Å². The molecule has 0 aliphatic carbocycles. The highest BCUT2D eigenvalue weighted by molar-refractivity contribution is 9.10. The summed E-state index contributed by atoms with van der Waals surface area (Å²) >= 11 is 3.39. The molecule has 1 aromatic heterocycles. The molecule has 0 spiro atoms. The highest BCUT2D eigenvalue weighted by Crippen LogP contribution is 2.33. The number of hydrogen-bond acceptors (Lipinski definition) is 6. The van der Waals surface area contributed by atoms with Crippen molar-refractivity contribution in [2.75, 3.05) is 18.5 Å². The van der Waals surface area contributed by atoms with Crippen LogP contribution in [-0.2, 0) is 9.53 Å². The average molecular weight is 459 g/mol. The number of nitrogens with one attached hydrogen (secondary N) is 2. The lowest BCUT2D eigenvalue weighted by molar-refractivity contribution is -0.118. The first-order chi connectivity index (χ1) is 14.0. The average Bonchev–Trinajstić information content (AvgIpc) is 3.19. The lowest BCUT2D eigenvalue weighted by Crippen LogP contribution is -2.20. The summed E-state index contributed by atoms with van der Waals surface area (Å²) in [5, 5.41) is 13.1. The number of H-pyrrole nitrogens is 1. The van der Waals surface area contributed by atoms with Gasteiger partial charge in [0, 0.05) is 15.7 Å². The minimum atomic E-state index is -0.598. The van der Waals surface area contributed by atoms with Gasteiger partial charge in [0.05, 0.1) is 6.61 Å². The van der Waals surface area contributed by atoms with E-state index in [2.05, 4.69) is 36.7 Å². The largest absolute Gasteiger partial charge is 0.483 e. The Bertz CT molecular complexity index is 1020. The minimum absolute atomic E-state index is 0.0407. The smallest absolute Gasteiger partial charge is 0.361 e. The third-order valence-electron chi connectivity index (χ3n) is 3.91. The van der Waals surface area contributed by atoms with E-state index < -0.39 is 5.97 Å². The lowest BCUT2D eigenvalue weighted by Gasteiger charge is -2.12. The van der Waals surface area contributed by atoms with E-state index in [9.17, 15) is 9.59 Å². The molecule has 0 saturated carbocycles. The fourth-order valence-corrected chi connectivity index (χ4v) is 2.91. The molecular weight excluding hydrogens is 440 g/mol. The molecule has 2 aromatic carbocycles. The fraction of sp³-hybridized carbons (Fsp3) is 0.200. The minimum Gasteiger partial charge on any atom is -0.483 e. The van der Waals surface area contributed by atoms with Gasteiger partial charge in [-0.1, -0.05) is 33.6 Å². The van der Waals surface area contributed by atoms with Gasteiger partial charge in [0.15, 0.2) is 12.3 Å². The van der Waals surface area contributed by atoms with Gasteiger partial charge in [-0.25, -0.2) is 4.79 Å². The molecule has 0 unspecified atom stereocenters. The number of carbonyl (C=O) groups excluding carboxylic acids is 2. The SMILES string of the molecule is CCOC(=O)c1n[nH]nc1-c1cc(Br)ccc1OCC(=O)Nc1ccc(C)cc1. The number of benzene rings is 2. The van der Waals surface area contributed by atoms with Crippen LogP contribution < -0.4 is 10.1 Å². The Morgan fingerprint density at radius 1 is 1.14 bits per heavy atom. The maximum absolute atomic E-state index is 12.2. The van der Waals surface area contributed by atoms with Gasteiger partial charge < -0.3 is 14.8 Å². The molecule has 0 radical (unpaired) electrons. The summed E-state index contributed by atoms with van der Waals surface area (Å²) in [4.78, 5) is 24.4. The summed E-state index contributed by atoms with van der Waals surface area (Å²) in [5.41, 5.74) is 2.60. The molecule has 3 aromatic rings. The number of aromatic amines is 1. The number of ether oxygens (including phenoxy) is 2. The number of rotatable bonds is 7. The zero-order valence-corrected chi connectivity index (χ0v) is 17.4. The Hall–Kier alpha value is -3.20. The van der Waals surface area contributed by atoms with Crippen LogP contribution in [0.1, 0.15) is 23.0 Å². The molecule has 0 bridgehead atoms. The van der Waals surface area contributed by atoms with Crippen LogP contribution in [0, 0.1) is 6.92 Å². The number of carbonyl (C=O) groups is 2. The summed E-state index contributed by atoms with van der Waals surface area (Å²) in [6.07, 6.45) is 0. The molecule has 0 atom stereocenters. The van der Waals surface area contributed by atoms with Crippen molar-refractivity contribution in [3.63, 3.8) is 0 Å². The quantitative estimate of drug-likeness (QED) is 0.522. The van der Waals surface area contributed by atoms with Crippen LogP contribution in [0.5, 0.6) is 5.75 Å². The molecule has 0 fully saturated rings. The van der Waals surface area contributed by atoms with Crippen LogP contribution >= 0.6 is 15.9 Å². The molecule has 8 nitrogen and oxygen atoms in total. The summed E-state index contributed by atoms with van der Waals surface area (Å²) in [7, 11) is 0. The number of nitrogens with zero attached hydrogens (tertiary/aromatic N) is 2. The van der Waals surface area contributed by atoms with E-state index in [1.54, 1.807) is 25.1 Å². The second-order valence-electron chi connectivity index (χ2n) is 6.08. The molecule has 1 heterocycles. The van der Waals surface area contributed by atoms with Crippen molar-refractivity contribution in [1.82, 2.24) is 15.4 Å². The van der Waals surface area contributed by atoms with Gasteiger partial charge in [-0.05, 0) is 44.2 Å². The van der Waals surface area contributed by atoms with E-state index in [0.29, 0.717) is 17.0 Å². The van der Waals surface area contributed by atoms with Gasteiger partial charge in [-0.15, -0.1) is 5.10 Å². The summed E-state index contributed by atoms with van der Waals surface area (Å²) in [6.45, 7) is 3.68. The fourth-order valence-electron chi connectivity index (χ4n) is 2.55. The number of aromatic nitrogens is 3. The Balaban J connectivity index is 1.77. The third kappa shape index (κ3) is 5.20. The molecule has 150 valence electrons. The third-order valence-corrected chi connectivity index (χ3v) is 4.40. The maximum Gasteiger partial charge on any atom is 0.361 e. The zero-order valence-electron chi connectivity index (χ0n) is 15.9. The summed E-state index contributed by atoms with van der Waals surface area (Å²) < 4.78 is 11.5. The highest BCUT2D eigenvalue weighted by Gasteiger charge is 2.22. The number of hydrogen-bond donors (Lipinski definition) is 2. The van der Waals surface area contributed by atoms with Crippen molar-refractivity contribution in [2.45, 2.75) is 13.8 Å². The maximum atomic E-state index is 12.2. The molecule has 0 saturated heterocycles. The summed E-state index contributed by atoms with van der Waals surface area (Å²) in [6, 6.07) is 12.6. The summed E-state index contributed by atoms with van der Waals surface area (Å²) in [5.74, 6) is -0.528. The molecule has 1 amide bonds. The van der Waals surface area contributed by atoms with Gasteiger partial charge >= 0.3 is 5.97 Å². The second kappa shape index (κ2) is 9.33. The Morgan fingerprint density at radius 3 is 2.62 bits per heavy atom. The lowest BCUT2D eigenvalue weighted by atomic mass is 10.1. The standard InChI is InChI=1S/C20H19BrN4O4/c1-3-28-20(27)19-18(23-25-24-19)15-10-13(21)6-9-16(15)29-11-17(26)22-14-7-4-12(2)5-8-14/h4-10H,3,11H2,1-2H3,(H,22,26)(H,23,24,25). The van der Waals surface area contributed by atoms with E-state index in [4.69, 9.17) is 9.47 Å². The molecule has 2 N–H and O–H groups in total. The van der Waals surface area contributed by atoms with Gasteiger partial charge in [0.1, 0.15) is 11.4 Å². The van der Waals surface area contributed by atoms with Crippen molar-refractivity contribution < 1.29 is 19.1 Å². The van der Waals surface area contributed by atoms with Crippen LogP contribution in [0.3, 0.4) is 0 Å². The van der Waals surface area contributed by atoms with Gasteiger partial charge in [-0.2, -0.15) is 10.3 Å². The van der Waals surface area contributed by atoms with Crippen LogP contribution in [0.4, 0.5) is 5.69 Å². The number of amides is 1.